The fraction of sp³-hybridized carbons (Fsp3) is 0. The van der Waals surface area contributed by atoms with Gasteiger partial charge in [-0.25, -0.2) is 15.0 Å². The lowest BCUT2D eigenvalue weighted by molar-refractivity contribution is 0.669. The van der Waals surface area contributed by atoms with Gasteiger partial charge in [0.2, 0.25) is 0 Å². The van der Waals surface area contributed by atoms with Gasteiger partial charge < -0.3 is 4.42 Å². The molecule has 0 atom stereocenters. The number of benzene rings is 9. The van der Waals surface area contributed by atoms with Crippen molar-refractivity contribution in [2.45, 2.75) is 0 Å². The zero-order valence-electron chi connectivity index (χ0n) is 29.6. The van der Waals surface area contributed by atoms with Gasteiger partial charge >= 0.3 is 0 Å². The van der Waals surface area contributed by atoms with Crippen molar-refractivity contribution in [3.63, 3.8) is 0 Å². The van der Waals surface area contributed by atoms with Crippen LogP contribution in [-0.2, 0) is 0 Å². The van der Waals surface area contributed by atoms with Gasteiger partial charge in [0.25, 0.3) is 0 Å². The van der Waals surface area contributed by atoms with E-state index in [1.807, 2.05) is 30.3 Å². The zero-order chi connectivity index (χ0) is 36.3. The molecule has 256 valence electrons. The SMILES string of the molecule is c1ccc(-c2nc(-c3ccc4ccccc4c3)nc(-c3ccc4cc(-c5cccc6oc7ccc(-c8cccc9ccccc89)cc7c56)ccc4c3)n2)cc1. The zero-order valence-corrected chi connectivity index (χ0v) is 29.6. The predicted octanol–water partition coefficient (Wildman–Crippen LogP) is 13.6. The first-order valence-electron chi connectivity index (χ1n) is 18.5. The first-order valence-corrected chi connectivity index (χ1v) is 18.5. The van der Waals surface area contributed by atoms with Crippen molar-refractivity contribution in [3.8, 4) is 56.4 Å². The van der Waals surface area contributed by atoms with Crippen molar-refractivity contribution in [2.24, 2.45) is 0 Å². The van der Waals surface area contributed by atoms with E-state index in [-0.39, 0.29) is 0 Å². The Hall–Kier alpha value is -7.43. The lowest BCUT2D eigenvalue weighted by Crippen LogP contribution is -2.00. The molecule has 0 aliphatic rings. The molecule has 4 nitrogen and oxygen atoms in total. The quantitative estimate of drug-likeness (QED) is 0.179. The molecule has 0 aliphatic carbocycles. The molecule has 9 aromatic carbocycles. The third kappa shape index (κ3) is 5.43. The van der Waals surface area contributed by atoms with E-state index in [2.05, 4.69) is 158 Å². The highest BCUT2D eigenvalue weighted by atomic mass is 16.3. The van der Waals surface area contributed by atoms with E-state index in [9.17, 15) is 0 Å². The maximum absolute atomic E-state index is 6.43. The van der Waals surface area contributed by atoms with Gasteiger partial charge in [-0.2, -0.15) is 0 Å². The van der Waals surface area contributed by atoms with E-state index in [0.29, 0.717) is 17.5 Å². The summed E-state index contributed by atoms with van der Waals surface area (Å²) in [6, 6.07) is 65.9. The van der Waals surface area contributed by atoms with Crippen molar-refractivity contribution in [3.05, 3.63) is 188 Å². The van der Waals surface area contributed by atoms with Crippen LogP contribution in [0.15, 0.2) is 192 Å². The highest BCUT2D eigenvalue weighted by molar-refractivity contribution is 6.14. The van der Waals surface area contributed by atoms with Crippen LogP contribution in [0.5, 0.6) is 0 Å². The minimum absolute atomic E-state index is 0.639. The van der Waals surface area contributed by atoms with Crippen molar-refractivity contribution in [1.29, 1.82) is 0 Å². The Balaban J connectivity index is 1.01. The molecule has 0 unspecified atom stereocenters. The summed E-state index contributed by atoms with van der Waals surface area (Å²) >= 11 is 0. The molecule has 0 saturated heterocycles. The Bertz CT molecular complexity index is 3270. The number of furan rings is 1. The van der Waals surface area contributed by atoms with Crippen LogP contribution in [0, 0.1) is 0 Å². The summed E-state index contributed by atoms with van der Waals surface area (Å²) in [5.41, 5.74) is 9.26. The molecular formula is C51H31N3O. The molecule has 0 aliphatic heterocycles. The third-order valence-electron chi connectivity index (χ3n) is 10.7. The van der Waals surface area contributed by atoms with Crippen LogP contribution < -0.4 is 0 Å². The predicted molar refractivity (Wildman–Crippen MR) is 227 cm³/mol. The van der Waals surface area contributed by atoms with Gasteiger partial charge in [-0.3, -0.25) is 0 Å². The fourth-order valence-corrected chi connectivity index (χ4v) is 7.94. The molecule has 0 N–H and O–H groups in total. The summed E-state index contributed by atoms with van der Waals surface area (Å²) in [6.45, 7) is 0. The van der Waals surface area contributed by atoms with Crippen LogP contribution in [0.3, 0.4) is 0 Å². The smallest absolute Gasteiger partial charge is 0.164 e. The van der Waals surface area contributed by atoms with E-state index >= 15 is 0 Å². The van der Waals surface area contributed by atoms with E-state index in [1.165, 1.54) is 27.3 Å². The van der Waals surface area contributed by atoms with Crippen LogP contribution in [0.25, 0.3) is 111 Å². The molecule has 4 heteroatoms. The Morgan fingerprint density at radius 1 is 0.291 bits per heavy atom. The van der Waals surface area contributed by atoms with Gasteiger partial charge in [0.05, 0.1) is 0 Å². The number of rotatable bonds is 5. The molecule has 0 saturated carbocycles. The van der Waals surface area contributed by atoms with Crippen LogP contribution in [0.1, 0.15) is 0 Å². The molecule has 0 bridgehead atoms. The van der Waals surface area contributed by atoms with E-state index in [1.54, 1.807) is 0 Å². The molecule has 0 amide bonds. The molecule has 0 radical (unpaired) electrons. The molecule has 55 heavy (non-hydrogen) atoms. The lowest BCUT2D eigenvalue weighted by atomic mass is 9.94. The number of hydrogen-bond acceptors (Lipinski definition) is 4. The van der Waals surface area contributed by atoms with Crippen molar-refractivity contribution >= 4 is 54.3 Å². The Morgan fingerprint density at radius 2 is 0.818 bits per heavy atom. The summed E-state index contributed by atoms with van der Waals surface area (Å²) in [5.74, 6) is 1.93. The molecule has 2 heterocycles. The topological polar surface area (TPSA) is 51.8 Å². The van der Waals surface area contributed by atoms with Crippen molar-refractivity contribution < 1.29 is 4.42 Å². The van der Waals surface area contributed by atoms with Gasteiger partial charge in [-0.1, -0.05) is 152 Å². The summed E-state index contributed by atoms with van der Waals surface area (Å²) in [5, 5.41) is 9.27. The fourth-order valence-electron chi connectivity index (χ4n) is 7.94. The Labute approximate surface area is 317 Å². The van der Waals surface area contributed by atoms with Crippen LogP contribution in [0.4, 0.5) is 0 Å². The molecule has 0 fully saturated rings. The van der Waals surface area contributed by atoms with Gasteiger partial charge in [0.1, 0.15) is 11.2 Å². The average molecular weight is 702 g/mol. The summed E-state index contributed by atoms with van der Waals surface area (Å²) in [4.78, 5) is 15.0. The van der Waals surface area contributed by atoms with Gasteiger partial charge in [0, 0.05) is 27.5 Å². The van der Waals surface area contributed by atoms with E-state index in [4.69, 9.17) is 19.4 Å². The largest absolute Gasteiger partial charge is 0.456 e. The highest BCUT2D eigenvalue weighted by Crippen LogP contribution is 2.40. The second-order valence-electron chi connectivity index (χ2n) is 14.0. The number of aromatic nitrogens is 3. The Morgan fingerprint density at radius 3 is 1.60 bits per heavy atom. The first kappa shape index (κ1) is 31.1. The Kier molecular flexibility index (Phi) is 7.14. The maximum atomic E-state index is 6.43. The molecule has 0 spiro atoms. The minimum atomic E-state index is 0.639. The average Bonchev–Trinajstić information content (AvgIpc) is 3.64. The van der Waals surface area contributed by atoms with Crippen LogP contribution >= 0.6 is 0 Å². The van der Waals surface area contributed by atoms with Crippen molar-refractivity contribution in [1.82, 2.24) is 15.0 Å². The molecule has 2 aromatic heterocycles. The van der Waals surface area contributed by atoms with Crippen LogP contribution in [-0.4, -0.2) is 15.0 Å². The monoisotopic (exact) mass is 701 g/mol. The number of fused-ring (bicyclic) bond motifs is 6. The standard InChI is InChI=1S/C51H31N3O/c1-2-12-34(13-3-1)49-52-50(40-24-20-32-10-4-5-14-35(32)29-40)54-51(53-49)41-25-22-36-28-38(23-21-37(36)30-41)44-18-9-19-47-48(44)45-31-39(26-27-46(45)55-47)43-17-8-15-33-11-6-7-16-42(33)43/h1-31H. The normalized spacial score (nSPS) is 11.6. The molecule has 11 rings (SSSR count). The van der Waals surface area contributed by atoms with E-state index < -0.39 is 0 Å². The highest BCUT2D eigenvalue weighted by Gasteiger charge is 2.16. The number of hydrogen-bond donors (Lipinski definition) is 0. The maximum Gasteiger partial charge on any atom is 0.164 e. The molecular weight excluding hydrogens is 671 g/mol. The number of nitrogens with zero attached hydrogens (tertiary/aromatic N) is 3. The van der Waals surface area contributed by atoms with Gasteiger partial charge in [-0.05, 0) is 91.0 Å². The van der Waals surface area contributed by atoms with Crippen LogP contribution in [0.2, 0.25) is 0 Å². The van der Waals surface area contributed by atoms with E-state index in [0.717, 1.165) is 65.9 Å². The third-order valence-corrected chi connectivity index (χ3v) is 10.7. The lowest BCUT2D eigenvalue weighted by Gasteiger charge is -2.11. The second-order valence-corrected chi connectivity index (χ2v) is 14.0. The van der Waals surface area contributed by atoms with Crippen molar-refractivity contribution in [2.75, 3.05) is 0 Å². The minimum Gasteiger partial charge on any atom is -0.456 e. The second kappa shape index (κ2) is 12.6. The van der Waals surface area contributed by atoms with Gasteiger partial charge in [-0.15, -0.1) is 0 Å². The summed E-state index contributed by atoms with van der Waals surface area (Å²) < 4.78 is 6.43. The summed E-state index contributed by atoms with van der Waals surface area (Å²) in [7, 11) is 0. The van der Waals surface area contributed by atoms with Gasteiger partial charge in [0.15, 0.2) is 17.5 Å². The first-order chi connectivity index (χ1) is 27.2. The molecule has 11 aromatic rings. The summed E-state index contributed by atoms with van der Waals surface area (Å²) in [6.07, 6.45) is 0.